The summed E-state index contributed by atoms with van der Waals surface area (Å²) in [6.07, 6.45) is 0. The number of hydrogen-bond acceptors (Lipinski definition) is 3. The van der Waals surface area contributed by atoms with Gasteiger partial charge in [-0.2, -0.15) is 0 Å². The maximum Gasteiger partial charge on any atom is 0.355 e. The SMILES string of the molecule is COC(=O)c1cc2cc(CN)ccc2n1-c1ccccc1. The standard InChI is InChI=1S/C17H16N2O2/c1-21-17(20)16-10-13-9-12(11-18)7-8-15(13)19(16)14-5-3-2-4-6-14/h2-10H,11,18H2,1H3. The Morgan fingerprint density at radius 2 is 1.90 bits per heavy atom. The number of methoxy groups -OCH3 is 1. The second kappa shape index (κ2) is 5.42. The lowest BCUT2D eigenvalue weighted by atomic mass is 10.1. The number of para-hydroxylation sites is 1. The maximum absolute atomic E-state index is 12.1. The number of aromatic nitrogens is 1. The minimum Gasteiger partial charge on any atom is -0.464 e. The van der Waals surface area contributed by atoms with Crippen LogP contribution >= 0.6 is 0 Å². The quantitative estimate of drug-likeness (QED) is 0.750. The number of hydrogen-bond donors (Lipinski definition) is 1. The van der Waals surface area contributed by atoms with E-state index < -0.39 is 0 Å². The summed E-state index contributed by atoms with van der Waals surface area (Å²) in [5.74, 6) is -0.357. The van der Waals surface area contributed by atoms with Crippen molar-refractivity contribution in [2.24, 2.45) is 5.73 Å². The van der Waals surface area contributed by atoms with Gasteiger partial charge in [0.2, 0.25) is 0 Å². The molecule has 0 aliphatic carbocycles. The fourth-order valence-electron chi connectivity index (χ4n) is 2.50. The van der Waals surface area contributed by atoms with Crippen molar-refractivity contribution in [3.05, 3.63) is 65.9 Å². The zero-order valence-electron chi connectivity index (χ0n) is 11.7. The van der Waals surface area contributed by atoms with Crippen LogP contribution in [0.25, 0.3) is 16.6 Å². The van der Waals surface area contributed by atoms with Crippen molar-refractivity contribution < 1.29 is 9.53 Å². The molecule has 0 amide bonds. The summed E-state index contributed by atoms with van der Waals surface area (Å²) in [5, 5.41) is 0.974. The van der Waals surface area contributed by atoms with Gasteiger partial charge in [0.15, 0.2) is 0 Å². The Morgan fingerprint density at radius 1 is 1.14 bits per heavy atom. The van der Waals surface area contributed by atoms with Gasteiger partial charge in [-0.25, -0.2) is 4.79 Å². The van der Waals surface area contributed by atoms with Gasteiger partial charge in [-0.1, -0.05) is 24.3 Å². The summed E-state index contributed by atoms with van der Waals surface area (Å²) in [5.41, 5.74) is 9.10. The Bertz CT molecular complexity index is 791. The molecule has 4 nitrogen and oxygen atoms in total. The summed E-state index contributed by atoms with van der Waals surface area (Å²) >= 11 is 0. The fourth-order valence-corrected chi connectivity index (χ4v) is 2.50. The highest BCUT2D eigenvalue weighted by molar-refractivity contribution is 5.97. The van der Waals surface area contributed by atoms with Gasteiger partial charge in [0, 0.05) is 17.6 Å². The number of nitrogens with zero attached hydrogens (tertiary/aromatic N) is 1. The van der Waals surface area contributed by atoms with E-state index in [-0.39, 0.29) is 5.97 Å². The van der Waals surface area contributed by atoms with E-state index in [1.54, 1.807) is 0 Å². The second-order valence-corrected chi connectivity index (χ2v) is 4.79. The number of nitrogens with two attached hydrogens (primary N) is 1. The molecule has 0 unspecified atom stereocenters. The molecule has 106 valence electrons. The Morgan fingerprint density at radius 3 is 2.57 bits per heavy atom. The van der Waals surface area contributed by atoms with Crippen LogP contribution in [0.5, 0.6) is 0 Å². The summed E-state index contributed by atoms with van der Waals surface area (Å²) in [6.45, 7) is 0.472. The van der Waals surface area contributed by atoms with E-state index in [4.69, 9.17) is 10.5 Å². The average molecular weight is 280 g/mol. The number of carbonyl (C=O) groups is 1. The first-order valence-corrected chi connectivity index (χ1v) is 6.73. The van der Waals surface area contributed by atoms with E-state index in [2.05, 4.69) is 0 Å². The third kappa shape index (κ3) is 2.30. The Kier molecular flexibility index (Phi) is 3.46. The summed E-state index contributed by atoms with van der Waals surface area (Å²) in [4.78, 5) is 12.1. The monoisotopic (exact) mass is 280 g/mol. The molecular weight excluding hydrogens is 264 g/mol. The number of rotatable bonds is 3. The highest BCUT2D eigenvalue weighted by Gasteiger charge is 2.17. The van der Waals surface area contributed by atoms with E-state index in [0.29, 0.717) is 12.2 Å². The van der Waals surface area contributed by atoms with E-state index in [9.17, 15) is 4.79 Å². The van der Waals surface area contributed by atoms with Crippen molar-refractivity contribution in [2.75, 3.05) is 7.11 Å². The average Bonchev–Trinajstić information content (AvgIpc) is 2.93. The van der Waals surface area contributed by atoms with Crippen LogP contribution in [0, 0.1) is 0 Å². The van der Waals surface area contributed by atoms with Gasteiger partial charge in [-0.15, -0.1) is 0 Å². The number of fused-ring (bicyclic) bond motifs is 1. The summed E-state index contributed by atoms with van der Waals surface area (Å²) in [7, 11) is 1.39. The number of carbonyl (C=O) groups excluding carboxylic acids is 1. The first-order chi connectivity index (χ1) is 10.2. The first-order valence-electron chi connectivity index (χ1n) is 6.73. The highest BCUT2D eigenvalue weighted by atomic mass is 16.5. The van der Waals surface area contributed by atoms with Crippen LogP contribution in [0.4, 0.5) is 0 Å². The van der Waals surface area contributed by atoms with E-state index in [1.165, 1.54) is 7.11 Å². The first kappa shape index (κ1) is 13.4. The van der Waals surface area contributed by atoms with Gasteiger partial charge in [-0.05, 0) is 35.9 Å². The van der Waals surface area contributed by atoms with E-state index in [1.807, 2.05) is 59.2 Å². The molecule has 0 aliphatic heterocycles. The lowest BCUT2D eigenvalue weighted by molar-refractivity contribution is 0.0592. The van der Waals surface area contributed by atoms with Crippen molar-refractivity contribution >= 4 is 16.9 Å². The molecule has 0 saturated carbocycles. The molecule has 4 heteroatoms. The van der Waals surface area contributed by atoms with Crippen molar-refractivity contribution in [2.45, 2.75) is 6.54 Å². The Balaban J connectivity index is 2.31. The third-order valence-corrected chi connectivity index (χ3v) is 3.51. The maximum atomic E-state index is 12.1. The smallest absolute Gasteiger partial charge is 0.355 e. The third-order valence-electron chi connectivity index (χ3n) is 3.51. The molecule has 0 saturated heterocycles. The molecule has 0 radical (unpaired) electrons. The van der Waals surface area contributed by atoms with Crippen molar-refractivity contribution in [3.8, 4) is 5.69 Å². The van der Waals surface area contributed by atoms with Gasteiger partial charge in [0.25, 0.3) is 0 Å². The van der Waals surface area contributed by atoms with Gasteiger partial charge in [0.1, 0.15) is 5.69 Å². The van der Waals surface area contributed by atoms with Crippen LogP contribution in [-0.2, 0) is 11.3 Å². The molecule has 1 aromatic heterocycles. The van der Waals surface area contributed by atoms with Crippen LogP contribution in [0.3, 0.4) is 0 Å². The number of ether oxygens (including phenoxy) is 1. The molecule has 2 aromatic carbocycles. The van der Waals surface area contributed by atoms with Crippen LogP contribution in [-0.4, -0.2) is 17.6 Å². The predicted octanol–water partition coefficient (Wildman–Crippen LogP) is 2.88. The highest BCUT2D eigenvalue weighted by Crippen LogP contribution is 2.26. The minimum absolute atomic E-state index is 0.357. The van der Waals surface area contributed by atoms with Crippen LogP contribution in [0.2, 0.25) is 0 Å². The van der Waals surface area contributed by atoms with Gasteiger partial charge < -0.3 is 15.0 Å². The number of esters is 1. The molecule has 0 atom stereocenters. The molecule has 0 fully saturated rings. The topological polar surface area (TPSA) is 57.2 Å². The fraction of sp³-hybridized carbons (Fsp3) is 0.118. The Hall–Kier alpha value is -2.59. The number of benzene rings is 2. The van der Waals surface area contributed by atoms with Gasteiger partial charge in [0.05, 0.1) is 12.6 Å². The molecule has 0 aliphatic rings. The molecule has 21 heavy (non-hydrogen) atoms. The second-order valence-electron chi connectivity index (χ2n) is 4.79. The normalized spacial score (nSPS) is 10.8. The summed E-state index contributed by atoms with van der Waals surface area (Å²) in [6, 6.07) is 17.5. The summed E-state index contributed by atoms with van der Waals surface area (Å²) < 4.78 is 6.80. The van der Waals surface area contributed by atoms with Crippen molar-refractivity contribution in [1.29, 1.82) is 0 Å². The van der Waals surface area contributed by atoms with Crippen molar-refractivity contribution in [1.82, 2.24) is 4.57 Å². The van der Waals surface area contributed by atoms with E-state index >= 15 is 0 Å². The lowest BCUT2D eigenvalue weighted by Crippen LogP contribution is -2.08. The molecule has 2 N–H and O–H groups in total. The molecule has 1 heterocycles. The predicted molar refractivity (Wildman–Crippen MR) is 82.5 cm³/mol. The van der Waals surface area contributed by atoms with E-state index in [0.717, 1.165) is 22.2 Å². The van der Waals surface area contributed by atoms with Gasteiger partial charge in [-0.3, -0.25) is 0 Å². The largest absolute Gasteiger partial charge is 0.464 e. The molecule has 0 bridgehead atoms. The molecule has 3 aromatic rings. The zero-order valence-corrected chi connectivity index (χ0v) is 11.7. The van der Waals surface area contributed by atoms with Gasteiger partial charge >= 0.3 is 5.97 Å². The Labute approximate surface area is 122 Å². The molecule has 3 rings (SSSR count). The zero-order chi connectivity index (χ0) is 14.8. The minimum atomic E-state index is -0.357. The molecular formula is C17H16N2O2. The molecule has 0 spiro atoms. The van der Waals surface area contributed by atoms with Crippen LogP contribution in [0.1, 0.15) is 16.1 Å². The van der Waals surface area contributed by atoms with Crippen LogP contribution in [0.15, 0.2) is 54.6 Å². The van der Waals surface area contributed by atoms with Crippen molar-refractivity contribution in [3.63, 3.8) is 0 Å². The van der Waals surface area contributed by atoms with Crippen LogP contribution < -0.4 is 5.73 Å². The lowest BCUT2D eigenvalue weighted by Gasteiger charge is -2.09.